The molecular weight excluding hydrogens is 970 g/mol. The standard InChI is InChI=1S/C59H68FN7O9/c1-57(2,3)75-40-28-24-36(25-29-40)31-47(61)52(69)67-59(33-37-22-26-39(60)27-23-37,55(72)74-35-46-44-18-9-7-16-42(44)43-17-8-10-19-45(43)46)54(71)66-49(21-13-14-30-63-56(73)76-58(4,5)6)53(70)65-50(51(62)68)32-38-34-64-48-20-12-11-15-41(38)48/h7-12,15-20,22-29,34,46-47,49-50,64H,13-14,21,30-33,35,61H2,1-6H3,(H2,62,68)(H,63,73)(H,65,70)(H,66,71)(H,67,69)/t47-,49-,50-,59-/m0/s1. The number of aromatic nitrogens is 1. The van der Waals surface area contributed by atoms with E-state index in [0.717, 1.165) is 45.3 Å². The largest absolute Gasteiger partial charge is 0.488 e. The monoisotopic (exact) mass is 1040 g/mol. The van der Waals surface area contributed by atoms with E-state index in [1.54, 1.807) is 51.2 Å². The molecule has 7 rings (SSSR count). The van der Waals surface area contributed by atoms with Gasteiger partial charge >= 0.3 is 12.1 Å². The van der Waals surface area contributed by atoms with Crippen LogP contribution in [-0.2, 0) is 52.7 Å². The van der Waals surface area contributed by atoms with E-state index < -0.39 is 88.7 Å². The Morgan fingerprint density at radius 1 is 0.697 bits per heavy atom. The molecule has 1 aliphatic rings. The van der Waals surface area contributed by atoms with Crippen molar-refractivity contribution in [1.29, 1.82) is 0 Å². The number of H-pyrrole nitrogens is 1. The summed E-state index contributed by atoms with van der Waals surface area (Å²) in [7, 11) is 0. The van der Waals surface area contributed by atoms with Crippen molar-refractivity contribution in [2.75, 3.05) is 13.2 Å². The van der Waals surface area contributed by atoms with Crippen molar-refractivity contribution < 1.29 is 47.4 Å². The number of unbranched alkanes of at least 4 members (excludes halogenated alkanes) is 1. The van der Waals surface area contributed by atoms with E-state index in [2.05, 4.69) is 26.3 Å². The van der Waals surface area contributed by atoms with Crippen molar-refractivity contribution in [1.82, 2.24) is 26.3 Å². The number of esters is 1. The summed E-state index contributed by atoms with van der Waals surface area (Å²) in [6.45, 7) is 10.8. The topological polar surface area (TPSA) is 246 Å². The van der Waals surface area contributed by atoms with Crippen LogP contribution in [0, 0.1) is 5.82 Å². The molecule has 0 fully saturated rings. The lowest BCUT2D eigenvalue weighted by Crippen LogP contribution is -2.69. The maximum Gasteiger partial charge on any atom is 0.407 e. The van der Waals surface area contributed by atoms with Gasteiger partial charge in [-0.1, -0.05) is 91.0 Å². The lowest BCUT2D eigenvalue weighted by atomic mass is 9.87. The minimum Gasteiger partial charge on any atom is -0.488 e. The van der Waals surface area contributed by atoms with Crippen LogP contribution in [0.3, 0.4) is 0 Å². The zero-order valence-corrected chi connectivity index (χ0v) is 43.8. The molecule has 76 heavy (non-hydrogen) atoms. The first-order chi connectivity index (χ1) is 36.1. The number of ether oxygens (including phenoxy) is 3. The highest BCUT2D eigenvalue weighted by atomic mass is 19.1. The van der Waals surface area contributed by atoms with Crippen molar-refractivity contribution in [3.05, 3.63) is 161 Å². The van der Waals surface area contributed by atoms with Gasteiger partial charge in [0.15, 0.2) is 0 Å². The van der Waals surface area contributed by atoms with Crippen LogP contribution in [0.25, 0.3) is 22.0 Å². The second-order valence-corrected chi connectivity index (χ2v) is 21.2. The summed E-state index contributed by atoms with van der Waals surface area (Å²) >= 11 is 0. The number of hydrogen-bond donors (Lipinski definition) is 7. The smallest absolute Gasteiger partial charge is 0.407 e. The predicted molar refractivity (Wildman–Crippen MR) is 287 cm³/mol. The van der Waals surface area contributed by atoms with Gasteiger partial charge in [-0.05, 0) is 137 Å². The highest BCUT2D eigenvalue weighted by Gasteiger charge is 2.51. The Kier molecular flexibility index (Phi) is 17.7. The van der Waals surface area contributed by atoms with E-state index in [4.69, 9.17) is 25.7 Å². The Hall–Kier alpha value is -8.05. The molecule has 17 heteroatoms. The normalized spacial score (nSPS) is 14.2. The molecule has 1 aromatic heterocycles. The summed E-state index contributed by atoms with van der Waals surface area (Å²) in [5, 5.41) is 11.6. The Balaban J connectivity index is 1.23. The Morgan fingerprint density at radius 2 is 1.32 bits per heavy atom. The molecule has 5 amide bonds. The average molecular weight is 1040 g/mol. The number of fused-ring (bicyclic) bond motifs is 4. The second kappa shape index (κ2) is 24.1. The highest BCUT2D eigenvalue weighted by Crippen LogP contribution is 2.44. The number of nitrogens with two attached hydrogens (primary N) is 2. The van der Waals surface area contributed by atoms with Crippen LogP contribution < -0.4 is 37.5 Å². The number of nitrogens with one attached hydrogen (secondary N) is 5. The molecule has 4 atom stereocenters. The van der Waals surface area contributed by atoms with Crippen LogP contribution in [0.15, 0.2) is 128 Å². The SMILES string of the molecule is CC(C)(C)OC(=O)NCCCC[C@H](NC(=O)[C@](Cc1ccc(F)cc1)(NC(=O)[C@@H](N)Cc1ccc(OC(C)(C)C)cc1)C(=O)OCC1c2ccccc2-c2ccccc21)C(=O)N[C@@H](Cc1c[nH]c2ccccc12)C(N)=O. The zero-order valence-electron chi connectivity index (χ0n) is 43.8. The van der Waals surface area contributed by atoms with Crippen LogP contribution in [0.5, 0.6) is 5.75 Å². The first kappa shape index (κ1) is 55.7. The van der Waals surface area contributed by atoms with Gasteiger partial charge in [0.1, 0.15) is 41.5 Å². The third kappa shape index (κ3) is 14.4. The molecular formula is C59H68FN7O9. The number of hydrogen-bond acceptors (Lipinski definition) is 10. The van der Waals surface area contributed by atoms with Gasteiger partial charge in [0.2, 0.25) is 23.3 Å². The minimum absolute atomic E-state index is 0.0138. The molecule has 0 saturated heterocycles. The van der Waals surface area contributed by atoms with Gasteiger partial charge in [0, 0.05) is 42.4 Å². The minimum atomic E-state index is -2.65. The van der Waals surface area contributed by atoms with Crippen molar-refractivity contribution in [3.8, 4) is 16.9 Å². The number of carbonyl (C=O) groups excluding carboxylic acids is 6. The van der Waals surface area contributed by atoms with E-state index >= 15 is 9.59 Å². The second-order valence-electron chi connectivity index (χ2n) is 21.2. The highest BCUT2D eigenvalue weighted by molar-refractivity contribution is 6.12. The Labute approximate surface area is 442 Å². The van der Waals surface area contributed by atoms with Crippen molar-refractivity contribution in [2.45, 2.75) is 121 Å². The van der Waals surface area contributed by atoms with E-state index in [0.29, 0.717) is 23.3 Å². The number of rotatable bonds is 22. The quantitative estimate of drug-likeness (QED) is 0.0205. The van der Waals surface area contributed by atoms with Crippen LogP contribution in [0.2, 0.25) is 0 Å². The van der Waals surface area contributed by atoms with Crippen LogP contribution >= 0.6 is 0 Å². The fourth-order valence-corrected chi connectivity index (χ4v) is 9.27. The fourth-order valence-electron chi connectivity index (χ4n) is 9.27. The molecule has 0 radical (unpaired) electrons. The summed E-state index contributed by atoms with van der Waals surface area (Å²) in [4.78, 5) is 89.0. The van der Waals surface area contributed by atoms with Gasteiger partial charge in [-0.25, -0.2) is 14.0 Å². The molecule has 1 heterocycles. The summed E-state index contributed by atoms with van der Waals surface area (Å²) in [5.41, 5.74) is 14.7. The molecule has 0 spiro atoms. The summed E-state index contributed by atoms with van der Waals surface area (Å²) in [6, 6.07) is 30.7. The molecule has 0 bridgehead atoms. The van der Waals surface area contributed by atoms with Crippen LogP contribution in [-0.4, -0.2) is 88.7 Å². The van der Waals surface area contributed by atoms with Gasteiger partial charge in [0.25, 0.3) is 5.91 Å². The summed E-state index contributed by atoms with van der Waals surface area (Å²) in [6.07, 6.45) is 0.864. The van der Waals surface area contributed by atoms with Crippen molar-refractivity contribution in [2.24, 2.45) is 11.5 Å². The lowest BCUT2D eigenvalue weighted by Gasteiger charge is -2.34. The van der Waals surface area contributed by atoms with Crippen LogP contribution in [0.4, 0.5) is 9.18 Å². The maximum atomic E-state index is 15.6. The zero-order chi connectivity index (χ0) is 54.8. The fraction of sp³-hybridized carbons (Fsp3) is 0.356. The summed E-state index contributed by atoms with van der Waals surface area (Å²) < 4.78 is 32.1. The average Bonchev–Trinajstić information content (AvgIpc) is 3.94. The number of aromatic amines is 1. The Bertz CT molecular complexity index is 2990. The molecule has 0 unspecified atom stereocenters. The van der Waals surface area contributed by atoms with Crippen LogP contribution in [0.1, 0.15) is 94.5 Å². The van der Waals surface area contributed by atoms with E-state index in [1.807, 2.05) is 93.6 Å². The summed E-state index contributed by atoms with van der Waals surface area (Å²) in [5.74, 6) is -5.41. The lowest BCUT2D eigenvalue weighted by molar-refractivity contribution is -0.159. The molecule has 16 nitrogen and oxygen atoms in total. The molecule has 0 saturated carbocycles. The van der Waals surface area contributed by atoms with E-state index in [-0.39, 0.29) is 44.4 Å². The van der Waals surface area contributed by atoms with Crippen molar-refractivity contribution in [3.63, 3.8) is 0 Å². The van der Waals surface area contributed by atoms with Gasteiger partial charge in [-0.2, -0.15) is 0 Å². The van der Waals surface area contributed by atoms with Crippen molar-refractivity contribution >= 4 is 46.6 Å². The molecule has 9 N–H and O–H groups in total. The number of halogens is 1. The number of benzene rings is 5. The number of primary amides is 1. The van der Waals surface area contributed by atoms with E-state index in [1.165, 1.54) is 12.1 Å². The first-order valence-electron chi connectivity index (χ1n) is 25.5. The third-order valence-corrected chi connectivity index (χ3v) is 12.9. The van der Waals surface area contributed by atoms with Gasteiger partial charge in [-0.3, -0.25) is 19.2 Å². The van der Waals surface area contributed by atoms with Gasteiger partial charge < -0.3 is 51.9 Å². The molecule has 6 aromatic rings. The number of alkyl carbamates (subject to hydrolysis) is 1. The first-order valence-corrected chi connectivity index (χ1v) is 25.5. The van der Waals surface area contributed by atoms with Gasteiger partial charge in [0.05, 0.1) is 6.04 Å². The maximum absolute atomic E-state index is 15.6. The number of carbonyl (C=O) groups is 6. The third-order valence-electron chi connectivity index (χ3n) is 12.9. The molecule has 5 aromatic carbocycles. The number of para-hydroxylation sites is 1. The van der Waals surface area contributed by atoms with E-state index in [9.17, 15) is 23.6 Å². The molecule has 400 valence electrons. The molecule has 0 aliphatic heterocycles. The van der Waals surface area contributed by atoms with Gasteiger partial charge in [-0.15, -0.1) is 0 Å². The molecule has 1 aliphatic carbocycles. The predicted octanol–water partition coefficient (Wildman–Crippen LogP) is 7.20. The number of amides is 5. The Morgan fingerprint density at radius 3 is 1.95 bits per heavy atom.